The monoisotopic (exact) mass is 370 g/mol. The topological polar surface area (TPSA) is 35.2 Å². The van der Waals surface area contributed by atoms with Gasteiger partial charge in [-0.2, -0.15) is 5.10 Å². The van der Waals surface area contributed by atoms with E-state index in [2.05, 4.69) is 38.9 Å². The number of aromatic nitrogens is 3. The van der Waals surface area contributed by atoms with Crippen LogP contribution < -0.4 is 4.74 Å². The van der Waals surface area contributed by atoms with Crippen molar-refractivity contribution >= 4 is 28.1 Å². The summed E-state index contributed by atoms with van der Waals surface area (Å²) in [5, 5.41) is 4.32. The van der Waals surface area contributed by atoms with Crippen LogP contribution in [0.2, 0.25) is 0 Å². The SMILES string of the molecule is CCn1cnn(CN(C)Cc2cc(Br)ccc2OC)c1=S. The fraction of sp³-hybridized carbons (Fsp3) is 0.429. The molecule has 1 heterocycles. The van der Waals surface area contributed by atoms with Gasteiger partial charge in [-0.1, -0.05) is 15.9 Å². The molecule has 0 N–H and O–H groups in total. The van der Waals surface area contributed by atoms with Crippen LogP contribution in [0.1, 0.15) is 12.5 Å². The standard InChI is InChI=1S/C14H19BrN4OS/c1-4-18-9-16-19(14(18)21)10-17(2)8-11-7-12(15)5-6-13(11)20-3/h5-7,9H,4,8,10H2,1-3H3. The molecule has 2 rings (SSSR count). The summed E-state index contributed by atoms with van der Waals surface area (Å²) in [6.07, 6.45) is 1.77. The minimum Gasteiger partial charge on any atom is -0.496 e. The summed E-state index contributed by atoms with van der Waals surface area (Å²) in [4.78, 5) is 2.15. The second kappa shape index (κ2) is 7.20. The molecule has 0 amide bonds. The Hall–Kier alpha value is -1.18. The third-order valence-electron chi connectivity index (χ3n) is 3.20. The average Bonchev–Trinajstić information content (AvgIpc) is 2.79. The lowest BCUT2D eigenvalue weighted by Gasteiger charge is -2.18. The zero-order valence-corrected chi connectivity index (χ0v) is 14.8. The quantitative estimate of drug-likeness (QED) is 0.730. The molecule has 2 aromatic rings. The summed E-state index contributed by atoms with van der Waals surface area (Å²) in [6.45, 7) is 4.28. The van der Waals surface area contributed by atoms with Gasteiger partial charge in [-0.15, -0.1) is 0 Å². The van der Waals surface area contributed by atoms with Gasteiger partial charge < -0.3 is 9.30 Å². The van der Waals surface area contributed by atoms with Crippen LogP contribution >= 0.6 is 28.1 Å². The lowest BCUT2D eigenvalue weighted by Crippen LogP contribution is -2.23. The van der Waals surface area contributed by atoms with Gasteiger partial charge in [0.2, 0.25) is 0 Å². The molecule has 0 unspecified atom stereocenters. The van der Waals surface area contributed by atoms with Crippen LogP contribution in [0.5, 0.6) is 5.75 Å². The molecule has 0 radical (unpaired) electrons. The van der Waals surface area contributed by atoms with E-state index in [1.54, 1.807) is 13.4 Å². The van der Waals surface area contributed by atoms with E-state index in [-0.39, 0.29) is 0 Å². The number of rotatable bonds is 6. The number of ether oxygens (including phenoxy) is 1. The molecule has 0 atom stereocenters. The molecule has 1 aromatic heterocycles. The number of hydrogen-bond acceptors (Lipinski definition) is 4. The van der Waals surface area contributed by atoms with Crippen molar-refractivity contribution in [3.63, 3.8) is 0 Å². The van der Waals surface area contributed by atoms with E-state index < -0.39 is 0 Å². The zero-order chi connectivity index (χ0) is 15.4. The number of methoxy groups -OCH3 is 1. The Bertz CT molecular complexity index is 667. The van der Waals surface area contributed by atoms with Crippen molar-refractivity contribution in [1.82, 2.24) is 19.2 Å². The maximum atomic E-state index is 5.40. The fourth-order valence-electron chi connectivity index (χ4n) is 2.13. The van der Waals surface area contributed by atoms with Crippen LogP contribution in [0.15, 0.2) is 29.0 Å². The van der Waals surface area contributed by atoms with E-state index >= 15 is 0 Å². The lowest BCUT2D eigenvalue weighted by atomic mass is 10.2. The lowest BCUT2D eigenvalue weighted by molar-refractivity contribution is 0.240. The first-order chi connectivity index (χ1) is 10.0. The third kappa shape index (κ3) is 3.93. The molecule has 5 nitrogen and oxygen atoms in total. The van der Waals surface area contributed by atoms with Crippen molar-refractivity contribution < 1.29 is 4.74 Å². The largest absolute Gasteiger partial charge is 0.496 e. The predicted molar refractivity (Wildman–Crippen MR) is 88.9 cm³/mol. The van der Waals surface area contributed by atoms with E-state index in [1.807, 2.05) is 28.4 Å². The Morgan fingerprint density at radius 2 is 2.19 bits per heavy atom. The van der Waals surface area contributed by atoms with Gasteiger partial charge in [0, 0.05) is 23.1 Å². The van der Waals surface area contributed by atoms with Gasteiger partial charge in [0.05, 0.1) is 13.8 Å². The van der Waals surface area contributed by atoms with Crippen LogP contribution in [0.25, 0.3) is 0 Å². The first-order valence-electron chi connectivity index (χ1n) is 6.68. The molecule has 0 saturated carbocycles. The molecule has 0 aliphatic carbocycles. The molecule has 1 aromatic carbocycles. The van der Waals surface area contributed by atoms with Gasteiger partial charge in [-0.25, -0.2) is 4.68 Å². The van der Waals surface area contributed by atoms with Crippen molar-refractivity contribution in [2.75, 3.05) is 14.2 Å². The van der Waals surface area contributed by atoms with Gasteiger partial charge >= 0.3 is 0 Å². The number of benzene rings is 1. The molecule has 0 bridgehead atoms. The first kappa shape index (κ1) is 16.2. The Labute approximate surface area is 138 Å². The van der Waals surface area contributed by atoms with Gasteiger partial charge in [0.15, 0.2) is 4.77 Å². The molecule has 0 fully saturated rings. The van der Waals surface area contributed by atoms with Crippen LogP contribution in [0.3, 0.4) is 0 Å². The fourth-order valence-corrected chi connectivity index (χ4v) is 2.82. The first-order valence-corrected chi connectivity index (χ1v) is 7.88. The summed E-state index contributed by atoms with van der Waals surface area (Å²) in [5.41, 5.74) is 1.12. The van der Waals surface area contributed by atoms with E-state index in [0.717, 1.165) is 33.6 Å². The molecule has 0 saturated heterocycles. The Kier molecular flexibility index (Phi) is 5.55. The minimum absolute atomic E-state index is 0.640. The number of aryl methyl sites for hydroxylation is 1. The molecule has 0 aliphatic rings. The van der Waals surface area contributed by atoms with E-state index in [9.17, 15) is 0 Å². The summed E-state index contributed by atoms with van der Waals surface area (Å²) in [7, 11) is 3.72. The highest BCUT2D eigenvalue weighted by molar-refractivity contribution is 9.10. The highest BCUT2D eigenvalue weighted by atomic mass is 79.9. The van der Waals surface area contributed by atoms with Crippen LogP contribution in [-0.4, -0.2) is 33.4 Å². The Balaban J connectivity index is 2.11. The minimum atomic E-state index is 0.640. The van der Waals surface area contributed by atoms with Gasteiger partial charge in [0.25, 0.3) is 0 Å². The van der Waals surface area contributed by atoms with Crippen molar-refractivity contribution in [1.29, 1.82) is 0 Å². The normalized spacial score (nSPS) is 11.1. The summed E-state index contributed by atoms with van der Waals surface area (Å²) in [5.74, 6) is 0.882. The highest BCUT2D eigenvalue weighted by Crippen LogP contribution is 2.24. The van der Waals surface area contributed by atoms with Gasteiger partial charge in [-0.3, -0.25) is 4.90 Å². The number of hydrogen-bond donors (Lipinski definition) is 0. The summed E-state index contributed by atoms with van der Waals surface area (Å²) in [6, 6.07) is 6.01. The smallest absolute Gasteiger partial charge is 0.198 e. The van der Waals surface area contributed by atoms with Crippen LogP contribution in [0, 0.1) is 4.77 Å². The number of nitrogens with zero attached hydrogens (tertiary/aromatic N) is 4. The molecule has 114 valence electrons. The average molecular weight is 371 g/mol. The Morgan fingerprint density at radius 1 is 1.43 bits per heavy atom. The maximum Gasteiger partial charge on any atom is 0.198 e. The van der Waals surface area contributed by atoms with E-state index in [0.29, 0.717) is 6.67 Å². The zero-order valence-electron chi connectivity index (χ0n) is 12.4. The molecule has 21 heavy (non-hydrogen) atoms. The number of halogens is 1. The summed E-state index contributed by atoms with van der Waals surface area (Å²) >= 11 is 8.88. The van der Waals surface area contributed by atoms with Crippen LogP contribution in [0.4, 0.5) is 0 Å². The van der Waals surface area contributed by atoms with Crippen LogP contribution in [-0.2, 0) is 19.8 Å². The van der Waals surface area contributed by atoms with Crippen molar-refractivity contribution in [3.05, 3.63) is 39.3 Å². The molecular weight excluding hydrogens is 352 g/mol. The van der Waals surface area contributed by atoms with Crippen molar-refractivity contribution in [2.24, 2.45) is 0 Å². The predicted octanol–water partition coefficient (Wildman–Crippen LogP) is 3.29. The van der Waals surface area contributed by atoms with E-state index in [1.165, 1.54) is 0 Å². The van der Waals surface area contributed by atoms with Gasteiger partial charge in [-0.05, 0) is 44.4 Å². The Morgan fingerprint density at radius 3 is 2.81 bits per heavy atom. The molecule has 7 heteroatoms. The molecular formula is C14H19BrN4OS. The molecule has 0 aliphatic heterocycles. The van der Waals surface area contributed by atoms with E-state index in [4.69, 9.17) is 17.0 Å². The third-order valence-corrected chi connectivity index (χ3v) is 4.13. The van der Waals surface area contributed by atoms with Crippen molar-refractivity contribution in [3.8, 4) is 5.75 Å². The summed E-state index contributed by atoms with van der Waals surface area (Å²) < 4.78 is 11.0. The van der Waals surface area contributed by atoms with Gasteiger partial charge in [0.1, 0.15) is 12.1 Å². The van der Waals surface area contributed by atoms with Crippen molar-refractivity contribution in [2.45, 2.75) is 26.7 Å². The second-order valence-corrected chi connectivity index (χ2v) is 6.09. The maximum absolute atomic E-state index is 5.40. The second-order valence-electron chi connectivity index (χ2n) is 4.81. The molecule has 0 spiro atoms. The highest BCUT2D eigenvalue weighted by Gasteiger charge is 2.09.